The summed E-state index contributed by atoms with van der Waals surface area (Å²) in [6.45, 7) is 7.75. The molecule has 3 aromatic heterocycles. The van der Waals surface area contributed by atoms with E-state index in [4.69, 9.17) is 14.2 Å². The van der Waals surface area contributed by atoms with E-state index < -0.39 is 53.8 Å². The first kappa shape index (κ1) is 48.4. The number of aromatic nitrogens is 6. The summed E-state index contributed by atoms with van der Waals surface area (Å²) < 4.78 is 60.6. The van der Waals surface area contributed by atoms with Gasteiger partial charge in [-0.05, 0) is 76.6 Å². The fourth-order valence-corrected chi connectivity index (χ4v) is 8.97. The second-order valence-corrected chi connectivity index (χ2v) is 17.4. The van der Waals surface area contributed by atoms with Gasteiger partial charge in [0.25, 0.3) is 0 Å². The summed E-state index contributed by atoms with van der Waals surface area (Å²) >= 11 is 0. The van der Waals surface area contributed by atoms with E-state index in [2.05, 4.69) is 30.6 Å². The predicted molar refractivity (Wildman–Crippen MR) is 251 cm³/mol. The van der Waals surface area contributed by atoms with Gasteiger partial charge in [0.05, 0.1) is 30.8 Å². The number of Topliss-reactive ketones (excluding diaryl/α,β-unsaturated/α-hetero) is 6. The van der Waals surface area contributed by atoms with Crippen LogP contribution < -0.4 is 14.2 Å². The standard InChI is InChI=1S/C54H41F3N6O9/c1-7-71-44-23-33(21-39-26(3)46(64)34-10-8-9-11-35(34)49(39)67)58-61-45(44)30-13-15-36-42(18-30)51(69)40(27(4)47(36)65)20-32-22-43(54(55,56)57)53(63-60-32)72-24-29-12-14-37-41(17-29)48(66)28(5)38(50(37)68)19-31-16-25(2)52(70-6)62-59-31/h8-18,22-23H,7,19-21,24H2,1-6H3. The van der Waals surface area contributed by atoms with Crippen LogP contribution in [0.15, 0.2) is 112 Å². The van der Waals surface area contributed by atoms with Crippen molar-refractivity contribution in [2.24, 2.45) is 0 Å². The lowest BCUT2D eigenvalue weighted by Crippen LogP contribution is -2.23. The lowest BCUT2D eigenvalue weighted by atomic mass is 9.82. The molecule has 0 spiro atoms. The highest BCUT2D eigenvalue weighted by Gasteiger charge is 2.38. The van der Waals surface area contributed by atoms with Gasteiger partial charge in [0.15, 0.2) is 34.7 Å². The Balaban J connectivity index is 0.929. The summed E-state index contributed by atoms with van der Waals surface area (Å²) in [4.78, 5) is 81.7. The second-order valence-electron chi connectivity index (χ2n) is 17.4. The minimum absolute atomic E-state index is 0.0141. The van der Waals surface area contributed by atoms with Crippen molar-refractivity contribution in [3.63, 3.8) is 0 Å². The number of halogens is 3. The van der Waals surface area contributed by atoms with Crippen molar-refractivity contribution in [3.8, 4) is 28.8 Å². The molecule has 0 radical (unpaired) electrons. The topological polar surface area (TPSA) is 207 Å². The number of nitrogens with zero attached hydrogens (tertiary/aromatic N) is 6. The number of hydrogen-bond acceptors (Lipinski definition) is 15. The first-order valence-electron chi connectivity index (χ1n) is 22.5. The van der Waals surface area contributed by atoms with Gasteiger partial charge in [-0.25, -0.2) is 0 Å². The van der Waals surface area contributed by atoms with Crippen molar-refractivity contribution < 1.29 is 56.1 Å². The monoisotopic (exact) mass is 974 g/mol. The third-order valence-corrected chi connectivity index (χ3v) is 12.8. The van der Waals surface area contributed by atoms with E-state index in [-0.39, 0.29) is 104 Å². The maximum absolute atomic E-state index is 14.7. The molecule has 3 heterocycles. The average Bonchev–Trinajstić information content (AvgIpc) is 3.37. The third-order valence-electron chi connectivity index (χ3n) is 12.8. The van der Waals surface area contributed by atoms with Crippen molar-refractivity contribution in [3.05, 3.63) is 179 Å². The molecule has 18 heteroatoms. The number of hydrogen-bond donors (Lipinski definition) is 0. The SMILES string of the molecule is CCOc1cc(CC2=C(C)C(=O)c3ccccc3C2=O)nnc1-c1ccc2c(c1)C(=O)C(Cc1cc(C(F)(F)F)c(OCc3ccc4c(c3)C(=O)C(C)=C(Cc3cc(C)c(OC)nn3)C4=O)nn1)=C(C)C2=O. The lowest BCUT2D eigenvalue weighted by molar-refractivity contribution is -0.139. The minimum atomic E-state index is -5.00. The molecular weight excluding hydrogens is 934 g/mol. The molecule has 0 unspecified atom stereocenters. The Morgan fingerprint density at radius 2 is 0.986 bits per heavy atom. The number of rotatable bonds is 13. The molecule has 0 fully saturated rings. The zero-order valence-electron chi connectivity index (χ0n) is 39.5. The highest BCUT2D eigenvalue weighted by molar-refractivity contribution is 6.28. The van der Waals surface area contributed by atoms with Gasteiger partial charge < -0.3 is 14.2 Å². The van der Waals surface area contributed by atoms with Gasteiger partial charge in [0.1, 0.15) is 23.6 Å². The Bertz CT molecular complexity index is 3500. The van der Waals surface area contributed by atoms with Crippen LogP contribution in [0.2, 0.25) is 0 Å². The van der Waals surface area contributed by atoms with E-state index in [1.807, 2.05) is 0 Å². The number of carbonyl (C=O) groups excluding carboxylic acids is 6. The number of ketones is 6. The van der Waals surface area contributed by atoms with Crippen molar-refractivity contribution in [1.29, 1.82) is 0 Å². The highest BCUT2D eigenvalue weighted by atomic mass is 19.4. The number of ether oxygens (including phenoxy) is 3. The molecule has 72 heavy (non-hydrogen) atoms. The van der Waals surface area contributed by atoms with Crippen LogP contribution >= 0.6 is 0 Å². The maximum Gasteiger partial charge on any atom is 0.421 e. The molecule has 3 aliphatic carbocycles. The normalized spacial score (nSPS) is 14.7. The number of allylic oxidation sites excluding steroid dienone is 6. The van der Waals surface area contributed by atoms with Gasteiger partial charge in [-0.2, -0.15) is 28.5 Å². The summed E-state index contributed by atoms with van der Waals surface area (Å²) in [6, 6.07) is 19.3. The summed E-state index contributed by atoms with van der Waals surface area (Å²) in [5.74, 6) is -2.86. The zero-order valence-corrected chi connectivity index (χ0v) is 39.5. The Hall–Kier alpha value is -8.67. The van der Waals surface area contributed by atoms with Gasteiger partial charge in [-0.15, -0.1) is 15.3 Å². The van der Waals surface area contributed by atoms with Gasteiger partial charge in [0.2, 0.25) is 11.8 Å². The molecule has 0 saturated heterocycles. The molecule has 0 aliphatic heterocycles. The van der Waals surface area contributed by atoms with Gasteiger partial charge in [-0.1, -0.05) is 36.4 Å². The first-order chi connectivity index (χ1) is 34.4. The van der Waals surface area contributed by atoms with E-state index in [0.29, 0.717) is 51.2 Å². The minimum Gasteiger partial charge on any atom is -0.491 e. The average molecular weight is 975 g/mol. The smallest absolute Gasteiger partial charge is 0.421 e. The largest absolute Gasteiger partial charge is 0.491 e. The fourth-order valence-electron chi connectivity index (χ4n) is 8.97. The Labute approximate surface area is 408 Å². The van der Waals surface area contributed by atoms with Crippen LogP contribution in [0.25, 0.3) is 11.3 Å². The first-order valence-corrected chi connectivity index (χ1v) is 22.5. The van der Waals surface area contributed by atoms with Crippen LogP contribution in [0.1, 0.15) is 124 Å². The quantitative estimate of drug-likeness (QED) is 0.106. The molecule has 9 rings (SSSR count). The van der Waals surface area contributed by atoms with Gasteiger partial charge >= 0.3 is 6.18 Å². The van der Waals surface area contributed by atoms with E-state index in [9.17, 15) is 41.9 Å². The Morgan fingerprint density at radius 1 is 0.500 bits per heavy atom. The van der Waals surface area contributed by atoms with Crippen molar-refractivity contribution in [2.45, 2.75) is 66.7 Å². The van der Waals surface area contributed by atoms with Crippen LogP contribution in [0.5, 0.6) is 17.5 Å². The van der Waals surface area contributed by atoms with Gasteiger partial charge in [0, 0.05) is 103 Å². The van der Waals surface area contributed by atoms with E-state index >= 15 is 0 Å². The van der Waals surface area contributed by atoms with Crippen LogP contribution in [0, 0.1) is 6.92 Å². The van der Waals surface area contributed by atoms with Crippen molar-refractivity contribution in [2.75, 3.05) is 13.7 Å². The summed E-state index contributed by atoms with van der Waals surface area (Å²) in [5.41, 5.74) is 2.47. The maximum atomic E-state index is 14.7. The van der Waals surface area contributed by atoms with Gasteiger partial charge in [-0.3, -0.25) is 28.8 Å². The molecule has 3 aliphatic rings. The molecule has 3 aromatic carbocycles. The number of aryl methyl sites for hydroxylation is 1. The van der Waals surface area contributed by atoms with Crippen LogP contribution in [-0.4, -0.2) is 79.0 Å². The fraction of sp³-hybridized carbons (Fsp3) is 0.222. The lowest BCUT2D eigenvalue weighted by Gasteiger charge is -2.21. The number of benzene rings is 3. The molecule has 0 atom stereocenters. The molecule has 0 saturated carbocycles. The number of carbonyl (C=O) groups is 6. The van der Waals surface area contributed by atoms with E-state index in [1.165, 1.54) is 51.3 Å². The molecule has 15 nitrogen and oxygen atoms in total. The molecule has 362 valence electrons. The van der Waals surface area contributed by atoms with Crippen LogP contribution in [0.4, 0.5) is 13.2 Å². The van der Waals surface area contributed by atoms with E-state index in [0.717, 1.165) is 0 Å². The molecule has 0 amide bonds. The molecule has 0 bridgehead atoms. The highest BCUT2D eigenvalue weighted by Crippen LogP contribution is 2.39. The summed E-state index contributed by atoms with van der Waals surface area (Å²) in [5, 5.41) is 24.6. The summed E-state index contributed by atoms with van der Waals surface area (Å²) in [7, 11) is 1.46. The number of fused-ring (bicyclic) bond motifs is 3. The van der Waals surface area contributed by atoms with Crippen molar-refractivity contribution >= 4 is 34.7 Å². The number of alkyl halides is 3. The summed E-state index contributed by atoms with van der Waals surface area (Å²) in [6.07, 6.45) is -5.47. The molecule has 6 aromatic rings. The predicted octanol–water partition coefficient (Wildman–Crippen LogP) is 8.85. The van der Waals surface area contributed by atoms with Crippen LogP contribution in [-0.2, 0) is 32.0 Å². The number of methoxy groups -OCH3 is 1. The van der Waals surface area contributed by atoms with Crippen molar-refractivity contribution in [1.82, 2.24) is 30.6 Å². The van der Waals surface area contributed by atoms with Crippen LogP contribution in [0.3, 0.4) is 0 Å². The zero-order chi connectivity index (χ0) is 51.3. The van der Waals surface area contributed by atoms with E-state index in [1.54, 1.807) is 63.2 Å². The second kappa shape index (κ2) is 18.9. The molecule has 0 N–H and O–H groups in total. The Kier molecular flexibility index (Phi) is 12.7. The molecular formula is C54H41F3N6O9. The Morgan fingerprint density at radius 3 is 1.57 bits per heavy atom. The third kappa shape index (κ3) is 8.79.